The molecule has 0 radical (unpaired) electrons. The summed E-state index contributed by atoms with van der Waals surface area (Å²) in [7, 11) is 0. The topological polar surface area (TPSA) is 26.3 Å². The van der Waals surface area contributed by atoms with E-state index < -0.39 is 0 Å². The van der Waals surface area contributed by atoms with Crippen LogP contribution in [0.5, 0.6) is 0 Å². The monoisotopic (exact) mass is 396 g/mol. The van der Waals surface area contributed by atoms with Crippen molar-refractivity contribution in [3.05, 3.63) is 35.9 Å². The van der Waals surface area contributed by atoms with E-state index in [2.05, 4.69) is 30.3 Å². The zero-order valence-electron chi connectivity index (χ0n) is 18.2. The zero-order valence-corrected chi connectivity index (χ0v) is 18.2. The minimum atomic E-state index is -0.0538. The molecule has 1 aromatic carbocycles. The summed E-state index contributed by atoms with van der Waals surface area (Å²) in [5.74, 6) is 2.87. The molecule has 0 spiro atoms. The normalized spacial score (nSPS) is 28.0. The van der Waals surface area contributed by atoms with E-state index in [0.29, 0.717) is 5.92 Å². The molecule has 0 bridgehead atoms. The molecule has 3 aliphatic carbocycles. The second-order valence-corrected chi connectivity index (χ2v) is 10.1. The van der Waals surface area contributed by atoms with Gasteiger partial charge in [0.1, 0.15) is 6.10 Å². The van der Waals surface area contributed by atoms with Gasteiger partial charge in [0.05, 0.1) is 5.92 Å². The molecule has 29 heavy (non-hydrogen) atoms. The molecular weight excluding hydrogens is 356 g/mol. The standard InChI is InChI=1S/C27H40O2/c28-27(25-14-8-3-9-15-25)29-26(24-12-6-2-7-13-24)20-21-16-18-23(19-17-21)22-10-4-1-5-11-22/h2,6-7,12-13,21-23,25-26H,1,3-5,8-11,14-20H2. The van der Waals surface area contributed by atoms with Crippen molar-refractivity contribution in [3.63, 3.8) is 0 Å². The van der Waals surface area contributed by atoms with Gasteiger partial charge in [-0.2, -0.15) is 0 Å². The maximum atomic E-state index is 12.9. The molecule has 4 rings (SSSR count). The van der Waals surface area contributed by atoms with Gasteiger partial charge in [-0.25, -0.2) is 0 Å². The van der Waals surface area contributed by atoms with Crippen LogP contribution in [-0.4, -0.2) is 5.97 Å². The Morgan fingerprint density at radius 2 is 1.34 bits per heavy atom. The fourth-order valence-electron chi connectivity index (χ4n) is 6.30. The van der Waals surface area contributed by atoms with Crippen molar-refractivity contribution in [3.8, 4) is 0 Å². The van der Waals surface area contributed by atoms with Crippen LogP contribution in [0.3, 0.4) is 0 Å². The lowest BCUT2D eigenvalue weighted by atomic mass is 9.70. The predicted octanol–water partition coefficient (Wildman–Crippen LogP) is 7.63. The lowest BCUT2D eigenvalue weighted by Crippen LogP contribution is -2.26. The highest BCUT2D eigenvalue weighted by Gasteiger charge is 2.32. The first-order chi connectivity index (χ1) is 14.3. The number of esters is 1. The first-order valence-electron chi connectivity index (χ1n) is 12.5. The highest BCUT2D eigenvalue weighted by molar-refractivity contribution is 5.72. The average molecular weight is 397 g/mol. The Hall–Kier alpha value is -1.31. The van der Waals surface area contributed by atoms with Gasteiger partial charge in [0.2, 0.25) is 0 Å². The van der Waals surface area contributed by atoms with Crippen molar-refractivity contribution in [2.75, 3.05) is 0 Å². The molecule has 0 aliphatic heterocycles. The fourth-order valence-corrected chi connectivity index (χ4v) is 6.30. The second-order valence-electron chi connectivity index (χ2n) is 10.1. The van der Waals surface area contributed by atoms with Crippen LogP contribution in [0.25, 0.3) is 0 Å². The van der Waals surface area contributed by atoms with E-state index in [-0.39, 0.29) is 18.0 Å². The largest absolute Gasteiger partial charge is 0.457 e. The molecule has 0 saturated heterocycles. The molecule has 2 heteroatoms. The Bertz CT molecular complexity index is 605. The summed E-state index contributed by atoms with van der Waals surface area (Å²) in [6.07, 6.45) is 19.4. The van der Waals surface area contributed by atoms with E-state index in [9.17, 15) is 4.79 Å². The smallest absolute Gasteiger partial charge is 0.309 e. The van der Waals surface area contributed by atoms with Crippen molar-refractivity contribution in [1.29, 1.82) is 0 Å². The van der Waals surface area contributed by atoms with Crippen LogP contribution in [0.4, 0.5) is 0 Å². The van der Waals surface area contributed by atoms with Crippen molar-refractivity contribution < 1.29 is 9.53 Å². The molecule has 0 heterocycles. The van der Waals surface area contributed by atoms with Gasteiger partial charge in [-0.15, -0.1) is 0 Å². The fraction of sp³-hybridized carbons (Fsp3) is 0.741. The van der Waals surface area contributed by atoms with Gasteiger partial charge >= 0.3 is 5.97 Å². The third-order valence-corrected chi connectivity index (χ3v) is 8.12. The molecular formula is C27H40O2. The molecule has 0 aromatic heterocycles. The third kappa shape index (κ3) is 5.86. The number of hydrogen-bond donors (Lipinski definition) is 0. The molecule has 2 nitrogen and oxygen atoms in total. The summed E-state index contributed by atoms with van der Waals surface area (Å²) < 4.78 is 6.18. The minimum Gasteiger partial charge on any atom is -0.457 e. The lowest BCUT2D eigenvalue weighted by Gasteiger charge is -2.37. The summed E-state index contributed by atoms with van der Waals surface area (Å²) >= 11 is 0. The predicted molar refractivity (Wildman–Crippen MR) is 118 cm³/mol. The van der Waals surface area contributed by atoms with E-state index in [1.54, 1.807) is 0 Å². The molecule has 0 amide bonds. The highest BCUT2D eigenvalue weighted by Crippen LogP contribution is 2.42. The van der Waals surface area contributed by atoms with E-state index in [1.165, 1.54) is 82.6 Å². The highest BCUT2D eigenvalue weighted by atomic mass is 16.5. The number of carbonyl (C=O) groups excluding carboxylic acids is 1. The number of rotatable bonds is 6. The van der Waals surface area contributed by atoms with E-state index >= 15 is 0 Å². The summed E-state index contributed by atoms with van der Waals surface area (Å²) in [5, 5.41) is 0. The van der Waals surface area contributed by atoms with Gasteiger partial charge in [0, 0.05) is 0 Å². The Labute approximate surface area is 177 Å². The molecule has 160 valence electrons. The molecule has 3 fully saturated rings. The van der Waals surface area contributed by atoms with Gasteiger partial charge in [-0.3, -0.25) is 4.79 Å². The van der Waals surface area contributed by atoms with Crippen LogP contribution in [0.1, 0.15) is 108 Å². The van der Waals surface area contributed by atoms with Gasteiger partial charge in [0.15, 0.2) is 0 Å². The second kappa shape index (κ2) is 10.6. The molecule has 0 N–H and O–H groups in total. The summed E-state index contributed by atoms with van der Waals surface area (Å²) in [5.41, 5.74) is 1.19. The van der Waals surface area contributed by atoms with Crippen LogP contribution < -0.4 is 0 Å². The van der Waals surface area contributed by atoms with Crippen LogP contribution in [0, 0.1) is 23.7 Å². The first kappa shape index (κ1) is 20.9. The Kier molecular flexibility index (Phi) is 7.68. The molecule has 1 aromatic rings. The summed E-state index contributed by atoms with van der Waals surface area (Å²) in [6.45, 7) is 0. The van der Waals surface area contributed by atoms with Gasteiger partial charge in [0.25, 0.3) is 0 Å². The van der Waals surface area contributed by atoms with Crippen molar-refractivity contribution in [2.24, 2.45) is 23.7 Å². The quantitative estimate of drug-likeness (QED) is 0.462. The van der Waals surface area contributed by atoms with Gasteiger partial charge < -0.3 is 4.74 Å². The zero-order chi connectivity index (χ0) is 19.9. The number of hydrogen-bond acceptors (Lipinski definition) is 2. The van der Waals surface area contributed by atoms with E-state index in [1.807, 2.05) is 0 Å². The molecule has 1 atom stereocenters. The Balaban J connectivity index is 1.34. The van der Waals surface area contributed by atoms with Crippen molar-refractivity contribution in [2.45, 2.75) is 102 Å². The Morgan fingerprint density at radius 3 is 2.00 bits per heavy atom. The van der Waals surface area contributed by atoms with Crippen LogP contribution >= 0.6 is 0 Å². The van der Waals surface area contributed by atoms with Crippen molar-refractivity contribution in [1.82, 2.24) is 0 Å². The number of carbonyl (C=O) groups is 1. The van der Waals surface area contributed by atoms with Gasteiger partial charge in [-0.05, 0) is 55.4 Å². The third-order valence-electron chi connectivity index (χ3n) is 8.12. The van der Waals surface area contributed by atoms with E-state index in [4.69, 9.17) is 4.74 Å². The molecule has 1 unspecified atom stereocenters. The maximum absolute atomic E-state index is 12.9. The minimum absolute atomic E-state index is 0.0538. The number of ether oxygens (including phenoxy) is 1. The molecule has 3 saturated carbocycles. The van der Waals surface area contributed by atoms with Crippen LogP contribution in [0.2, 0.25) is 0 Å². The van der Waals surface area contributed by atoms with Crippen molar-refractivity contribution >= 4 is 5.97 Å². The van der Waals surface area contributed by atoms with Crippen LogP contribution in [0.15, 0.2) is 30.3 Å². The first-order valence-corrected chi connectivity index (χ1v) is 12.5. The SMILES string of the molecule is O=C(OC(CC1CCC(C2CCCCC2)CC1)c1ccccc1)C1CCCCC1. The average Bonchev–Trinajstić information content (AvgIpc) is 2.81. The van der Waals surface area contributed by atoms with Crippen LogP contribution in [-0.2, 0) is 9.53 Å². The van der Waals surface area contributed by atoms with Gasteiger partial charge in [-0.1, -0.05) is 94.5 Å². The Morgan fingerprint density at radius 1 is 0.759 bits per heavy atom. The number of benzene rings is 1. The summed E-state index contributed by atoms with van der Waals surface area (Å²) in [6, 6.07) is 10.5. The molecule has 3 aliphatic rings. The van der Waals surface area contributed by atoms with E-state index in [0.717, 1.165) is 31.1 Å². The maximum Gasteiger partial charge on any atom is 0.309 e. The summed E-state index contributed by atoms with van der Waals surface area (Å²) in [4.78, 5) is 12.9. The lowest BCUT2D eigenvalue weighted by molar-refractivity contribution is -0.156.